The first-order chi connectivity index (χ1) is 10.0. The zero-order valence-corrected chi connectivity index (χ0v) is 12.3. The molecule has 0 saturated carbocycles. The van der Waals surface area contributed by atoms with Crippen LogP contribution in [0.1, 0.15) is 0 Å². The van der Waals surface area contributed by atoms with Crippen LogP contribution in [-0.2, 0) is 0 Å². The van der Waals surface area contributed by atoms with E-state index in [1.165, 1.54) is 18.2 Å². The zero-order valence-electron chi connectivity index (χ0n) is 10.6. The predicted molar refractivity (Wildman–Crippen MR) is 79.6 cm³/mol. The van der Waals surface area contributed by atoms with E-state index in [0.717, 1.165) is 19.6 Å². The SMILES string of the molecule is O=[N+]([O-])c1ccc(-c2cc3cc([N+](=O)[O-])ccc3[se]2)cc1. The van der Waals surface area contributed by atoms with Gasteiger partial charge >= 0.3 is 124 Å². The van der Waals surface area contributed by atoms with Crippen molar-refractivity contribution < 1.29 is 9.85 Å². The van der Waals surface area contributed by atoms with Crippen LogP contribution in [0.25, 0.3) is 19.6 Å². The summed E-state index contributed by atoms with van der Waals surface area (Å²) in [7, 11) is 0. The van der Waals surface area contributed by atoms with E-state index in [1.807, 2.05) is 6.07 Å². The molecule has 0 atom stereocenters. The van der Waals surface area contributed by atoms with Crippen LogP contribution in [0.4, 0.5) is 11.4 Å². The number of hydrogen-bond acceptors (Lipinski definition) is 4. The number of nitrogens with zero attached hydrogens (tertiary/aromatic N) is 2. The molecule has 104 valence electrons. The molecule has 3 aromatic rings. The van der Waals surface area contributed by atoms with E-state index in [9.17, 15) is 20.2 Å². The van der Waals surface area contributed by atoms with Gasteiger partial charge in [0, 0.05) is 0 Å². The summed E-state index contributed by atoms with van der Waals surface area (Å²) in [6, 6.07) is 13.1. The molecular formula is C14H8N2O4Se. The third-order valence-electron chi connectivity index (χ3n) is 3.07. The van der Waals surface area contributed by atoms with Gasteiger partial charge in [0.1, 0.15) is 0 Å². The second-order valence-electron chi connectivity index (χ2n) is 4.39. The van der Waals surface area contributed by atoms with Crippen molar-refractivity contribution in [3.8, 4) is 10.0 Å². The third kappa shape index (κ3) is 2.56. The van der Waals surface area contributed by atoms with Gasteiger partial charge in [-0.15, -0.1) is 0 Å². The molecule has 0 aliphatic carbocycles. The summed E-state index contributed by atoms with van der Waals surface area (Å²) in [6.07, 6.45) is 0. The van der Waals surface area contributed by atoms with Crippen LogP contribution in [0.2, 0.25) is 0 Å². The summed E-state index contributed by atoms with van der Waals surface area (Å²) >= 11 is 0.0561. The summed E-state index contributed by atoms with van der Waals surface area (Å²) in [4.78, 5) is 20.6. The Balaban J connectivity index is 2.04. The van der Waals surface area contributed by atoms with Crippen LogP contribution in [-0.4, -0.2) is 24.4 Å². The topological polar surface area (TPSA) is 86.3 Å². The summed E-state index contributed by atoms with van der Waals surface area (Å²) in [5.74, 6) is 0. The molecule has 0 amide bonds. The molecular weight excluding hydrogens is 339 g/mol. The minimum absolute atomic E-state index is 0.0537. The van der Waals surface area contributed by atoms with Crippen molar-refractivity contribution in [3.63, 3.8) is 0 Å². The van der Waals surface area contributed by atoms with E-state index in [4.69, 9.17) is 0 Å². The molecule has 0 N–H and O–H groups in total. The van der Waals surface area contributed by atoms with Crippen molar-refractivity contribution in [2.45, 2.75) is 0 Å². The molecule has 1 aromatic heterocycles. The fourth-order valence-corrected chi connectivity index (χ4v) is 4.23. The molecule has 21 heavy (non-hydrogen) atoms. The Kier molecular flexibility index (Phi) is 3.29. The fourth-order valence-electron chi connectivity index (χ4n) is 2.03. The predicted octanol–water partition coefficient (Wildman–Crippen LogP) is 3.38. The second kappa shape index (κ2) is 5.12. The van der Waals surface area contributed by atoms with E-state index in [0.29, 0.717) is 0 Å². The number of rotatable bonds is 3. The number of nitro benzene ring substituents is 2. The van der Waals surface area contributed by atoms with Crippen LogP contribution < -0.4 is 0 Å². The van der Waals surface area contributed by atoms with Gasteiger partial charge in [0.2, 0.25) is 0 Å². The van der Waals surface area contributed by atoms with Crippen molar-refractivity contribution in [2.24, 2.45) is 0 Å². The van der Waals surface area contributed by atoms with Gasteiger partial charge in [0.15, 0.2) is 0 Å². The Bertz CT molecular complexity index is 855. The molecule has 0 fully saturated rings. The standard InChI is InChI=1S/C14H8N2O4Se/c17-15(18)11-3-1-9(2-4-11)14-8-10-7-12(16(19)20)5-6-13(10)21-14/h1-8H. The quantitative estimate of drug-likeness (QED) is 0.413. The number of non-ortho nitro benzene ring substituents is 2. The van der Waals surface area contributed by atoms with Crippen LogP contribution >= 0.6 is 0 Å². The molecule has 0 aliphatic rings. The summed E-state index contributed by atoms with van der Waals surface area (Å²) in [5.41, 5.74) is 1.04. The van der Waals surface area contributed by atoms with Gasteiger partial charge in [-0.25, -0.2) is 0 Å². The average Bonchev–Trinajstić information content (AvgIpc) is 2.90. The van der Waals surface area contributed by atoms with Crippen molar-refractivity contribution in [3.05, 3.63) is 68.8 Å². The zero-order chi connectivity index (χ0) is 15.0. The van der Waals surface area contributed by atoms with Crippen LogP contribution in [0.3, 0.4) is 0 Å². The van der Waals surface area contributed by atoms with Gasteiger partial charge < -0.3 is 0 Å². The van der Waals surface area contributed by atoms with Gasteiger partial charge in [-0.1, -0.05) is 0 Å². The molecule has 6 nitrogen and oxygen atoms in total. The fraction of sp³-hybridized carbons (Fsp3) is 0. The van der Waals surface area contributed by atoms with E-state index >= 15 is 0 Å². The van der Waals surface area contributed by atoms with Crippen molar-refractivity contribution in [1.82, 2.24) is 0 Å². The summed E-state index contributed by atoms with van der Waals surface area (Å²) in [5, 5.41) is 22.3. The van der Waals surface area contributed by atoms with E-state index < -0.39 is 9.85 Å². The summed E-state index contributed by atoms with van der Waals surface area (Å²) in [6.45, 7) is 0. The molecule has 0 saturated heterocycles. The molecule has 0 unspecified atom stereocenters. The van der Waals surface area contributed by atoms with Gasteiger partial charge in [-0.05, 0) is 0 Å². The molecule has 0 spiro atoms. The van der Waals surface area contributed by atoms with E-state index in [-0.39, 0.29) is 25.9 Å². The molecule has 0 radical (unpaired) electrons. The minimum atomic E-state index is -0.434. The second-order valence-corrected chi connectivity index (χ2v) is 6.67. The van der Waals surface area contributed by atoms with Crippen molar-refractivity contribution in [1.29, 1.82) is 0 Å². The Morgan fingerprint density at radius 3 is 2.05 bits per heavy atom. The average molecular weight is 347 g/mol. The molecule has 3 rings (SSSR count). The van der Waals surface area contributed by atoms with Crippen molar-refractivity contribution >= 4 is 35.5 Å². The van der Waals surface area contributed by atoms with Gasteiger partial charge in [0.05, 0.1) is 0 Å². The van der Waals surface area contributed by atoms with E-state index in [1.54, 1.807) is 24.3 Å². The first kappa shape index (κ1) is 13.5. The number of fused-ring (bicyclic) bond motifs is 1. The summed E-state index contributed by atoms with van der Waals surface area (Å²) < 4.78 is 2.15. The molecule has 1 heterocycles. The maximum absolute atomic E-state index is 10.8. The third-order valence-corrected chi connectivity index (χ3v) is 5.52. The first-order valence-electron chi connectivity index (χ1n) is 5.97. The van der Waals surface area contributed by atoms with Gasteiger partial charge in [-0.3, -0.25) is 0 Å². The molecule has 2 aromatic carbocycles. The van der Waals surface area contributed by atoms with Crippen LogP contribution in [0, 0.1) is 20.2 Å². The Morgan fingerprint density at radius 2 is 1.43 bits per heavy atom. The van der Waals surface area contributed by atoms with Crippen molar-refractivity contribution in [2.75, 3.05) is 0 Å². The Morgan fingerprint density at radius 1 is 0.810 bits per heavy atom. The Hall–Kier alpha value is -2.50. The number of hydrogen-bond donors (Lipinski definition) is 0. The number of nitro groups is 2. The molecule has 0 bridgehead atoms. The van der Waals surface area contributed by atoms with Gasteiger partial charge in [0.25, 0.3) is 0 Å². The monoisotopic (exact) mass is 348 g/mol. The number of benzene rings is 2. The van der Waals surface area contributed by atoms with Gasteiger partial charge in [-0.2, -0.15) is 0 Å². The van der Waals surface area contributed by atoms with E-state index in [2.05, 4.69) is 0 Å². The normalized spacial score (nSPS) is 10.7. The molecule has 0 aliphatic heterocycles. The Labute approximate surface area is 124 Å². The first-order valence-corrected chi connectivity index (χ1v) is 7.69. The maximum atomic E-state index is 10.8. The molecule has 7 heteroatoms. The van der Waals surface area contributed by atoms with Crippen LogP contribution in [0.5, 0.6) is 0 Å². The van der Waals surface area contributed by atoms with Crippen LogP contribution in [0.15, 0.2) is 48.5 Å².